The standard InChI is InChI=1S/C23H22N2O7P/c1-2-18(16-17-8-4-3-5-9-17)23(26)31-24-33(29)32-22-11-7-6-10-21(22)30-20-14-12-19(13-15-20)25(27)28/h3-15,18H,2,16H2,1H3,(H,24,29)/q+1/t18-/m0/s1. The lowest BCUT2D eigenvalue weighted by Crippen LogP contribution is -2.24. The van der Waals surface area contributed by atoms with Crippen molar-refractivity contribution in [3.8, 4) is 17.2 Å². The highest BCUT2D eigenvalue weighted by atomic mass is 31.1. The molecule has 0 aliphatic carbocycles. The summed E-state index contributed by atoms with van der Waals surface area (Å²) in [4.78, 5) is 27.6. The maximum absolute atomic E-state index is 12.4. The minimum Gasteiger partial charge on any atom is -0.453 e. The summed E-state index contributed by atoms with van der Waals surface area (Å²) < 4.78 is 23.3. The van der Waals surface area contributed by atoms with Gasteiger partial charge in [0.25, 0.3) is 5.69 Å². The van der Waals surface area contributed by atoms with Gasteiger partial charge in [0.2, 0.25) is 5.75 Å². The summed E-state index contributed by atoms with van der Waals surface area (Å²) in [6.07, 6.45) is 1.06. The topological polar surface area (TPSA) is 117 Å². The lowest BCUT2D eigenvalue weighted by atomic mass is 9.97. The van der Waals surface area contributed by atoms with Gasteiger partial charge < -0.3 is 9.57 Å². The van der Waals surface area contributed by atoms with E-state index in [1.807, 2.05) is 37.3 Å². The van der Waals surface area contributed by atoms with Gasteiger partial charge in [0.15, 0.2) is 5.75 Å². The molecule has 2 atom stereocenters. The van der Waals surface area contributed by atoms with Gasteiger partial charge in [0.05, 0.1) is 10.8 Å². The molecule has 0 saturated heterocycles. The summed E-state index contributed by atoms with van der Waals surface area (Å²) in [6.45, 7) is 1.87. The molecule has 0 aliphatic rings. The van der Waals surface area contributed by atoms with Gasteiger partial charge in [-0.25, -0.2) is 9.32 Å². The lowest BCUT2D eigenvalue weighted by Gasteiger charge is -2.11. The molecule has 3 aromatic rings. The van der Waals surface area contributed by atoms with Crippen molar-refractivity contribution in [1.29, 1.82) is 0 Å². The maximum Gasteiger partial charge on any atom is 0.700 e. The van der Waals surface area contributed by atoms with Crippen molar-refractivity contribution in [3.05, 3.63) is 94.5 Å². The van der Waals surface area contributed by atoms with E-state index in [9.17, 15) is 19.5 Å². The van der Waals surface area contributed by atoms with E-state index in [0.717, 1.165) is 5.56 Å². The molecule has 0 heterocycles. The number of benzene rings is 3. The number of rotatable bonds is 11. The van der Waals surface area contributed by atoms with Gasteiger partial charge in [-0.05, 0) is 42.7 Å². The summed E-state index contributed by atoms with van der Waals surface area (Å²) >= 11 is 0. The average Bonchev–Trinajstić information content (AvgIpc) is 2.83. The van der Waals surface area contributed by atoms with Crippen LogP contribution in [0.25, 0.3) is 0 Å². The van der Waals surface area contributed by atoms with Crippen molar-refractivity contribution >= 4 is 19.8 Å². The highest BCUT2D eigenvalue weighted by Gasteiger charge is 2.28. The fraction of sp³-hybridized carbons (Fsp3) is 0.174. The molecule has 170 valence electrons. The molecule has 10 heteroatoms. The van der Waals surface area contributed by atoms with Gasteiger partial charge in [0.1, 0.15) is 11.0 Å². The molecule has 3 rings (SSSR count). The zero-order chi connectivity index (χ0) is 23.6. The molecule has 0 radical (unpaired) electrons. The van der Waals surface area contributed by atoms with Crippen LogP contribution in [0.2, 0.25) is 0 Å². The molecule has 0 saturated carbocycles. The number of hydrogen-bond acceptors (Lipinski definition) is 7. The normalized spacial score (nSPS) is 11.8. The molecule has 0 amide bonds. The Labute approximate surface area is 191 Å². The van der Waals surface area contributed by atoms with Gasteiger partial charge in [-0.1, -0.05) is 49.4 Å². The van der Waals surface area contributed by atoms with Gasteiger partial charge in [0, 0.05) is 16.7 Å². The second kappa shape index (κ2) is 11.7. The third kappa shape index (κ3) is 7.10. The molecule has 9 nitrogen and oxygen atoms in total. The summed E-state index contributed by atoms with van der Waals surface area (Å²) in [6, 6.07) is 21.5. The van der Waals surface area contributed by atoms with Crippen LogP contribution in [-0.2, 0) is 20.6 Å². The smallest absolute Gasteiger partial charge is 0.453 e. The van der Waals surface area contributed by atoms with Crippen LogP contribution >= 0.6 is 8.18 Å². The van der Waals surface area contributed by atoms with Crippen LogP contribution in [0.4, 0.5) is 5.69 Å². The number of para-hydroxylation sites is 2. The van der Waals surface area contributed by atoms with Crippen molar-refractivity contribution in [2.45, 2.75) is 19.8 Å². The number of nitro benzene ring substituents is 1. The Morgan fingerprint density at radius 2 is 1.64 bits per heavy atom. The van der Waals surface area contributed by atoms with Crippen LogP contribution in [0.1, 0.15) is 18.9 Å². The van der Waals surface area contributed by atoms with Crippen LogP contribution < -0.4 is 14.5 Å². The number of carbonyl (C=O) groups excluding carboxylic acids is 1. The zero-order valence-electron chi connectivity index (χ0n) is 17.7. The van der Waals surface area contributed by atoms with Crippen molar-refractivity contribution in [2.24, 2.45) is 5.92 Å². The Balaban J connectivity index is 1.57. The third-order valence-corrected chi connectivity index (χ3v) is 5.28. The van der Waals surface area contributed by atoms with Crippen LogP contribution in [0.15, 0.2) is 78.9 Å². The molecule has 3 aromatic carbocycles. The first-order valence-electron chi connectivity index (χ1n) is 10.1. The minimum atomic E-state index is -2.60. The van der Waals surface area contributed by atoms with Gasteiger partial charge in [-0.2, -0.15) is 0 Å². The van der Waals surface area contributed by atoms with Gasteiger partial charge in [-0.3, -0.25) is 10.1 Å². The van der Waals surface area contributed by atoms with E-state index >= 15 is 0 Å². The molecular weight excluding hydrogens is 447 g/mol. The van der Waals surface area contributed by atoms with Gasteiger partial charge in [-0.15, -0.1) is 0 Å². The van der Waals surface area contributed by atoms with E-state index < -0.39 is 25.0 Å². The van der Waals surface area contributed by atoms with Crippen LogP contribution in [0, 0.1) is 16.0 Å². The molecule has 0 aromatic heterocycles. The fourth-order valence-electron chi connectivity index (χ4n) is 2.94. The molecule has 33 heavy (non-hydrogen) atoms. The Morgan fingerprint density at radius 3 is 2.27 bits per heavy atom. The Morgan fingerprint density at radius 1 is 1.00 bits per heavy atom. The maximum atomic E-state index is 12.4. The molecule has 0 bridgehead atoms. The van der Waals surface area contributed by atoms with Crippen molar-refractivity contribution in [3.63, 3.8) is 0 Å². The number of nitrogens with one attached hydrogen (secondary N) is 1. The number of hydrogen-bond donors (Lipinski definition) is 1. The molecule has 0 aliphatic heterocycles. The number of nitrogens with zero attached hydrogens (tertiary/aromatic N) is 1. The summed E-state index contributed by atoms with van der Waals surface area (Å²) in [7, 11) is -2.60. The molecule has 1 N–H and O–H groups in total. The van der Waals surface area contributed by atoms with Gasteiger partial charge >= 0.3 is 14.1 Å². The summed E-state index contributed by atoms with van der Waals surface area (Å²) in [5, 5.41) is 12.9. The minimum absolute atomic E-state index is 0.0707. The summed E-state index contributed by atoms with van der Waals surface area (Å²) in [5.41, 5.74) is 0.929. The SMILES string of the molecule is CC[C@@H](Cc1ccccc1)C(=O)ON[P+](=O)Oc1ccccc1Oc1ccc([N+](=O)[O-])cc1. The number of non-ortho nitro benzene ring substituents is 1. The quantitative estimate of drug-likeness (QED) is 0.215. The number of carbonyl (C=O) groups is 1. The van der Waals surface area contributed by atoms with Crippen molar-refractivity contribution in [1.82, 2.24) is 5.25 Å². The van der Waals surface area contributed by atoms with Crippen molar-refractivity contribution in [2.75, 3.05) is 0 Å². The molecule has 0 fully saturated rings. The van der Waals surface area contributed by atoms with E-state index in [0.29, 0.717) is 18.6 Å². The van der Waals surface area contributed by atoms with E-state index in [1.165, 1.54) is 30.3 Å². The first kappa shape index (κ1) is 23.8. The molecule has 0 spiro atoms. The zero-order valence-corrected chi connectivity index (χ0v) is 18.6. The van der Waals surface area contributed by atoms with E-state index in [-0.39, 0.29) is 17.2 Å². The lowest BCUT2D eigenvalue weighted by molar-refractivity contribution is -0.384. The Bertz CT molecular complexity index is 1110. The molecular formula is C23H22N2O7P+. The highest BCUT2D eigenvalue weighted by molar-refractivity contribution is 7.37. The summed E-state index contributed by atoms with van der Waals surface area (Å²) in [5.74, 6) is -0.238. The number of ether oxygens (including phenoxy) is 1. The first-order valence-corrected chi connectivity index (χ1v) is 11.3. The van der Waals surface area contributed by atoms with E-state index in [4.69, 9.17) is 14.1 Å². The largest absolute Gasteiger partial charge is 0.700 e. The second-order valence-corrected chi connectivity index (χ2v) is 7.83. The van der Waals surface area contributed by atoms with Crippen LogP contribution in [0.5, 0.6) is 17.2 Å². The van der Waals surface area contributed by atoms with Crippen molar-refractivity contribution < 1.29 is 28.4 Å². The number of nitro groups is 1. The fourth-order valence-corrected chi connectivity index (χ4v) is 3.47. The predicted octanol–water partition coefficient (Wildman–Crippen LogP) is 5.74. The third-order valence-electron chi connectivity index (χ3n) is 4.68. The van der Waals surface area contributed by atoms with E-state index in [2.05, 4.69) is 5.25 Å². The average molecular weight is 469 g/mol. The molecule has 1 unspecified atom stereocenters. The van der Waals surface area contributed by atoms with Crippen LogP contribution in [-0.4, -0.2) is 10.9 Å². The van der Waals surface area contributed by atoms with E-state index in [1.54, 1.807) is 18.2 Å². The first-order chi connectivity index (χ1) is 16.0. The second-order valence-electron chi connectivity index (χ2n) is 6.96. The van der Waals surface area contributed by atoms with Crippen LogP contribution in [0.3, 0.4) is 0 Å². The highest BCUT2D eigenvalue weighted by Crippen LogP contribution is 2.36. The Kier molecular flexibility index (Phi) is 8.46. The Hall–Kier alpha value is -3.81. The monoisotopic (exact) mass is 469 g/mol. The predicted molar refractivity (Wildman–Crippen MR) is 121 cm³/mol.